The molecule has 1 aromatic heterocycles. The highest BCUT2D eigenvalue weighted by atomic mass is 32.1. The molecule has 9 nitrogen and oxygen atoms in total. The van der Waals surface area contributed by atoms with E-state index in [-0.39, 0.29) is 6.42 Å². The Morgan fingerprint density at radius 3 is 2.28 bits per heavy atom. The van der Waals surface area contributed by atoms with Crippen LogP contribution in [0.2, 0.25) is 0 Å². The van der Waals surface area contributed by atoms with Crippen LogP contribution in [0.25, 0.3) is 21.1 Å². The van der Waals surface area contributed by atoms with Crippen molar-refractivity contribution in [3.63, 3.8) is 0 Å². The molecule has 0 unspecified atom stereocenters. The molecule has 0 saturated heterocycles. The van der Waals surface area contributed by atoms with Crippen molar-refractivity contribution in [2.75, 3.05) is 27.9 Å². The van der Waals surface area contributed by atoms with Gasteiger partial charge in [-0.3, -0.25) is 10.0 Å². The molecule has 1 amide bonds. The molecule has 3 aromatic rings. The van der Waals surface area contributed by atoms with E-state index in [1.165, 1.54) is 11.3 Å². The third-order valence-electron chi connectivity index (χ3n) is 4.61. The fraction of sp³-hybridized carbons (Fsp3) is 0.318. The van der Waals surface area contributed by atoms with Gasteiger partial charge in [0.25, 0.3) is 0 Å². The van der Waals surface area contributed by atoms with Crippen molar-refractivity contribution in [2.45, 2.75) is 19.3 Å². The van der Waals surface area contributed by atoms with Crippen molar-refractivity contribution in [2.24, 2.45) is 0 Å². The molecule has 32 heavy (non-hydrogen) atoms. The van der Waals surface area contributed by atoms with Crippen LogP contribution in [-0.2, 0) is 4.79 Å². The van der Waals surface area contributed by atoms with Gasteiger partial charge in [-0.15, -0.1) is 10.2 Å². The van der Waals surface area contributed by atoms with Crippen LogP contribution in [-0.4, -0.2) is 49.2 Å². The van der Waals surface area contributed by atoms with Gasteiger partial charge in [0.2, 0.25) is 11.7 Å². The maximum absolute atomic E-state index is 11.0. The van der Waals surface area contributed by atoms with E-state index in [0.717, 1.165) is 16.1 Å². The zero-order chi connectivity index (χ0) is 22.9. The third kappa shape index (κ3) is 5.65. The SMILES string of the molecule is COc1cc(-c2nnc(-c3cccc(OCCCCC(=O)NO)c3)s2)cc(OC)c1OC. The smallest absolute Gasteiger partial charge is 0.243 e. The molecule has 10 heteroatoms. The van der Waals surface area contributed by atoms with Crippen molar-refractivity contribution >= 4 is 17.2 Å². The number of benzene rings is 2. The second-order valence-corrected chi connectivity index (χ2v) is 7.67. The van der Waals surface area contributed by atoms with E-state index >= 15 is 0 Å². The van der Waals surface area contributed by atoms with Crippen molar-refractivity contribution in [1.82, 2.24) is 15.7 Å². The summed E-state index contributed by atoms with van der Waals surface area (Å²) in [6.07, 6.45) is 1.58. The highest BCUT2D eigenvalue weighted by molar-refractivity contribution is 7.17. The molecule has 2 N–H and O–H groups in total. The molecule has 3 rings (SSSR count). The fourth-order valence-electron chi connectivity index (χ4n) is 3.01. The molecule has 0 atom stereocenters. The maximum atomic E-state index is 11.0. The molecule has 0 aliphatic carbocycles. The van der Waals surface area contributed by atoms with E-state index in [9.17, 15) is 4.79 Å². The highest BCUT2D eigenvalue weighted by Crippen LogP contribution is 2.42. The van der Waals surface area contributed by atoms with Gasteiger partial charge in [-0.25, -0.2) is 5.48 Å². The summed E-state index contributed by atoms with van der Waals surface area (Å²) in [5.41, 5.74) is 3.32. The third-order valence-corrected chi connectivity index (χ3v) is 5.63. The first-order valence-electron chi connectivity index (χ1n) is 9.89. The van der Waals surface area contributed by atoms with Crippen LogP contribution in [0.5, 0.6) is 23.0 Å². The number of ether oxygens (including phenoxy) is 4. The minimum atomic E-state index is -0.397. The summed E-state index contributed by atoms with van der Waals surface area (Å²) in [4.78, 5) is 11.0. The van der Waals surface area contributed by atoms with E-state index in [0.29, 0.717) is 47.5 Å². The summed E-state index contributed by atoms with van der Waals surface area (Å²) in [5.74, 6) is 1.92. The summed E-state index contributed by atoms with van der Waals surface area (Å²) in [6, 6.07) is 11.3. The lowest BCUT2D eigenvalue weighted by Crippen LogP contribution is -2.18. The van der Waals surface area contributed by atoms with Crippen LogP contribution < -0.4 is 24.4 Å². The Bertz CT molecular complexity index is 1030. The van der Waals surface area contributed by atoms with Gasteiger partial charge < -0.3 is 18.9 Å². The molecular formula is C22H25N3O6S. The quantitative estimate of drug-likeness (QED) is 0.252. The van der Waals surface area contributed by atoms with E-state index in [4.69, 9.17) is 24.2 Å². The summed E-state index contributed by atoms with van der Waals surface area (Å²) in [6.45, 7) is 0.467. The Labute approximate surface area is 189 Å². The Kier molecular flexibility index (Phi) is 8.23. The van der Waals surface area contributed by atoms with Crippen molar-refractivity contribution in [3.05, 3.63) is 36.4 Å². The standard InChI is InChI=1S/C22H25N3O6S/c1-28-17-12-15(13-18(29-2)20(17)30-3)22-24-23-21(32-22)14-7-6-8-16(11-14)31-10-5-4-9-19(26)25-27/h6-8,11-13,27H,4-5,9-10H2,1-3H3,(H,25,26). The van der Waals surface area contributed by atoms with Crippen molar-refractivity contribution in [3.8, 4) is 44.1 Å². The average Bonchev–Trinajstić information content (AvgIpc) is 3.33. The molecule has 0 saturated carbocycles. The molecule has 0 aliphatic heterocycles. The number of amides is 1. The van der Waals surface area contributed by atoms with Crippen LogP contribution in [0.15, 0.2) is 36.4 Å². The number of methoxy groups -OCH3 is 3. The van der Waals surface area contributed by atoms with Crippen molar-refractivity contribution in [1.29, 1.82) is 0 Å². The molecule has 0 aliphatic rings. The van der Waals surface area contributed by atoms with Gasteiger partial charge in [0, 0.05) is 17.5 Å². The molecule has 0 bridgehead atoms. The lowest BCUT2D eigenvalue weighted by molar-refractivity contribution is -0.129. The predicted octanol–water partition coefficient (Wildman–Crippen LogP) is 3.95. The van der Waals surface area contributed by atoms with Crippen LogP contribution in [0.4, 0.5) is 0 Å². The summed E-state index contributed by atoms with van der Waals surface area (Å²) in [5, 5.41) is 18.6. The lowest BCUT2D eigenvalue weighted by atomic mass is 10.2. The maximum Gasteiger partial charge on any atom is 0.243 e. The zero-order valence-electron chi connectivity index (χ0n) is 18.1. The van der Waals surface area contributed by atoms with Gasteiger partial charge in [0.1, 0.15) is 15.8 Å². The summed E-state index contributed by atoms with van der Waals surface area (Å²) in [7, 11) is 4.70. The normalized spacial score (nSPS) is 10.5. The Balaban J connectivity index is 1.72. The molecule has 170 valence electrons. The Morgan fingerprint density at radius 2 is 1.66 bits per heavy atom. The number of hydroxylamine groups is 1. The minimum Gasteiger partial charge on any atom is -0.494 e. The fourth-order valence-corrected chi connectivity index (χ4v) is 3.84. The van der Waals surface area contributed by atoms with E-state index in [1.54, 1.807) is 26.8 Å². The zero-order valence-corrected chi connectivity index (χ0v) is 18.9. The predicted molar refractivity (Wildman–Crippen MR) is 120 cm³/mol. The summed E-state index contributed by atoms with van der Waals surface area (Å²) >= 11 is 1.44. The molecular weight excluding hydrogens is 434 g/mol. The lowest BCUT2D eigenvalue weighted by Gasteiger charge is -2.13. The van der Waals surface area contributed by atoms with Gasteiger partial charge in [0.05, 0.1) is 27.9 Å². The number of hydrogen-bond donors (Lipinski definition) is 2. The van der Waals surface area contributed by atoms with E-state index < -0.39 is 5.91 Å². The second kappa shape index (κ2) is 11.3. The van der Waals surface area contributed by atoms with Gasteiger partial charge in [-0.2, -0.15) is 0 Å². The first kappa shape index (κ1) is 23.3. The van der Waals surface area contributed by atoms with Gasteiger partial charge in [-0.05, 0) is 37.1 Å². The first-order chi connectivity index (χ1) is 15.6. The monoisotopic (exact) mass is 459 g/mol. The number of nitrogens with zero attached hydrogens (tertiary/aromatic N) is 2. The van der Waals surface area contributed by atoms with Crippen LogP contribution >= 0.6 is 11.3 Å². The largest absolute Gasteiger partial charge is 0.494 e. The number of aromatic nitrogens is 2. The number of hydrogen-bond acceptors (Lipinski definition) is 9. The topological polar surface area (TPSA) is 112 Å². The number of carbonyl (C=O) groups is 1. The minimum absolute atomic E-state index is 0.258. The Hall–Kier alpha value is -3.37. The number of carbonyl (C=O) groups excluding carboxylic acids is 1. The number of nitrogens with one attached hydrogen (secondary N) is 1. The molecule has 2 aromatic carbocycles. The highest BCUT2D eigenvalue weighted by Gasteiger charge is 2.17. The average molecular weight is 460 g/mol. The molecule has 0 fully saturated rings. The van der Waals surface area contributed by atoms with Crippen molar-refractivity contribution < 1.29 is 28.9 Å². The first-order valence-corrected chi connectivity index (χ1v) is 10.7. The second-order valence-electron chi connectivity index (χ2n) is 6.69. The Morgan fingerprint density at radius 1 is 0.969 bits per heavy atom. The molecule has 0 spiro atoms. The molecule has 0 radical (unpaired) electrons. The van der Waals surface area contributed by atoms with E-state index in [1.807, 2.05) is 36.4 Å². The summed E-state index contributed by atoms with van der Waals surface area (Å²) < 4.78 is 22.0. The van der Waals surface area contributed by atoms with Gasteiger partial charge in [0.15, 0.2) is 11.5 Å². The van der Waals surface area contributed by atoms with E-state index in [2.05, 4.69) is 10.2 Å². The van der Waals surface area contributed by atoms with Crippen LogP contribution in [0.3, 0.4) is 0 Å². The van der Waals surface area contributed by atoms with Crippen LogP contribution in [0.1, 0.15) is 19.3 Å². The number of rotatable bonds is 11. The van der Waals surface area contributed by atoms with Gasteiger partial charge in [-0.1, -0.05) is 23.5 Å². The molecule has 1 heterocycles. The van der Waals surface area contributed by atoms with Crippen LogP contribution in [0, 0.1) is 0 Å². The van der Waals surface area contributed by atoms with Gasteiger partial charge >= 0.3 is 0 Å². The number of unbranched alkanes of at least 4 members (excludes halogenated alkanes) is 1.